The van der Waals surface area contributed by atoms with E-state index in [1.165, 1.54) is 25.7 Å². The molecule has 0 aliphatic heterocycles. The second-order valence-corrected chi connectivity index (χ2v) is 8.92. The number of pyridine rings is 1. The molecule has 1 aliphatic carbocycles. The second kappa shape index (κ2) is 10.3. The van der Waals surface area contributed by atoms with Gasteiger partial charge in [0.15, 0.2) is 0 Å². The number of likely N-dealkylation sites (N-methyl/N-ethyl adjacent to an activating group) is 1. The van der Waals surface area contributed by atoms with E-state index >= 15 is 0 Å². The molecule has 0 unspecified atom stereocenters. The van der Waals surface area contributed by atoms with Crippen molar-refractivity contribution in [3.05, 3.63) is 40.0 Å². The van der Waals surface area contributed by atoms with Crippen LogP contribution in [0.4, 0.5) is 5.69 Å². The summed E-state index contributed by atoms with van der Waals surface area (Å²) in [7, 11) is 3.99. The van der Waals surface area contributed by atoms with Crippen LogP contribution in [0.1, 0.15) is 37.1 Å². The Kier molecular flexibility index (Phi) is 7.80. The van der Waals surface area contributed by atoms with Crippen molar-refractivity contribution in [3.8, 4) is 11.1 Å². The first-order chi connectivity index (χ1) is 14.8. The summed E-state index contributed by atoms with van der Waals surface area (Å²) in [6.07, 6.45) is 5.25. The zero-order valence-corrected chi connectivity index (χ0v) is 19.7. The van der Waals surface area contributed by atoms with Crippen molar-refractivity contribution in [2.24, 2.45) is 5.73 Å². The third-order valence-electron chi connectivity index (χ3n) is 5.54. The highest BCUT2D eigenvalue weighted by Gasteiger charge is 2.14. The molecule has 0 radical (unpaired) electrons. The number of nitrogens with one attached hydrogen (secondary N) is 2. The number of benzene rings is 1. The van der Waals surface area contributed by atoms with E-state index in [0.717, 1.165) is 44.9 Å². The van der Waals surface area contributed by atoms with Crippen LogP contribution in [-0.2, 0) is 0 Å². The van der Waals surface area contributed by atoms with Gasteiger partial charge in [-0.05, 0) is 64.5 Å². The molecule has 4 rings (SSSR count). The SMILES string of the molecule is Cc1noc(C)c1-c1cc(S)c2cc(NCCN(C)C)c(=O)[nH]c2c1.NC1CCCC1. The molecule has 0 saturated heterocycles. The predicted octanol–water partition coefficient (Wildman–Crippen LogP) is 3.95. The number of fused-ring (bicyclic) bond motifs is 1. The Hall–Kier alpha value is -2.29. The molecular weight excluding hydrogens is 410 g/mol. The minimum absolute atomic E-state index is 0.144. The van der Waals surface area contributed by atoms with Crippen molar-refractivity contribution in [2.75, 3.05) is 32.5 Å². The van der Waals surface area contributed by atoms with Crippen LogP contribution in [0.5, 0.6) is 0 Å². The largest absolute Gasteiger partial charge is 0.379 e. The number of H-pyrrole nitrogens is 1. The van der Waals surface area contributed by atoms with Gasteiger partial charge in [0, 0.05) is 35.0 Å². The van der Waals surface area contributed by atoms with E-state index in [1.54, 1.807) is 0 Å². The number of aromatic nitrogens is 2. The molecule has 1 saturated carbocycles. The normalized spacial score (nSPS) is 14.2. The van der Waals surface area contributed by atoms with Gasteiger partial charge in [0.2, 0.25) is 0 Å². The molecule has 0 amide bonds. The number of thiol groups is 1. The van der Waals surface area contributed by atoms with Crippen LogP contribution in [0.2, 0.25) is 0 Å². The Labute approximate surface area is 188 Å². The summed E-state index contributed by atoms with van der Waals surface area (Å²) < 4.78 is 5.25. The van der Waals surface area contributed by atoms with Crippen LogP contribution in [-0.4, -0.2) is 48.3 Å². The third kappa shape index (κ3) is 5.90. The van der Waals surface area contributed by atoms with Crippen LogP contribution in [0, 0.1) is 13.8 Å². The quantitative estimate of drug-likeness (QED) is 0.446. The van der Waals surface area contributed by atoms with Crippen molar-refractivity contribution >= 4 is 29.2 Å². The topological polar surface area (TPSA) is 100 Å². The van der Waals surface area contributed by atoms with Gasteiger partial charge >= 0.3 is 0 Å². The fourth-order valence-corrected chi connectivity index (χ4v) is 4.16. The number of nitrogens with two attached hydrogens (primary N) is 1. The van der Waals surface area contributed by atoms with Crippen molar-refractivity contribution in [1.29, 1.82) is 0 Å². The van der Waals surface area contributed by atoms with Gasteiger partial charge in [-0.2, -0.15) is 0 Å². The van der Waals surface area contributed by atoms with Crippen LogP contribution >= 0.6 is 12.6 Å². The second-order valence-electron chi connectivity index (χ2n) is 8.44. The van der Waals surface area contributed by atoms with Gasteiger partial charge in [-0.3, -0.25) is 4.79 Å². The van der Waals surface area contributed by atoms with E-state index in [1.807, 2.05) is 46.1 Å². The fraction of sp³-hybridized carbons (Fsp3) is 0.478. The first-order valence-corrected chi connectivity index (χ1v) is 11.2. The summed E-state index contributed by atoms with van der Waals surface area (Å²) >= 11 is 4.62. The highest BCUT2D eigenvalue weighted by Crippen LogP contribution is 2.32. The number of aryl methyl sites for hydroxylation is 2. The number of hydrogen-bond donors (Lipinski definition) is 4. The van der Waals surface area contributed by atoms with Crippen LogP contribution in [0.3, 0.4) is 0 Å². The molecule has 31 heavy (non-hydrogen) atoms. The predicted molar refractivity (Wildman–Crippen MR) is 130 cm³/mol. The maximum absolute atomic E-state index is 12.4. The van der Waals surface area contributed by atoms with E-state index in [4.69, 9.17) is 10.3 Å². The molecule has 8 heteroatoms. The first kappa shape index (κ1) is 23.4. The Morgan fingerprint density at radius 2 is 1.97 bits per heavy atom. The maximum atomic E-state index is 12.4. The lowest BCUT2D eigenvalue weighted by Crippen LogP contribution is -2.23. The average Bonchev–Trinajstić information content (AvgIpc) is 3.31. The monoisotopic (exact) mass is 443 g/mol. The minimum Gasteiger partial charge on any atom is -0.379 e. The number of nitrogens with zero attached hydrogens (tertiary/aromatic N) is 2. The first-order valence-electron chi connectivity index (χ1n) is 10.7. The van der Waals surface area contributed by atoms with Crippen molar-refractivity contribution in [2.45, 2.75) is 50.5 Å². The molecule has 168 valence electrons. The highest BCUT2D eigenvalue weighted by molar-refractivity contribution is 7.80. The number of aromatic amines is 1. The molecule has 4 N–H and O–H groups in total. The van der Waals surface area contributed by atoms with E-state index in [0.29, 0.717) is 18.3 Å². The summed E-state index contributed by atoms with van der Waals surface area (Å²) in [5, 5.41) is 8.07. The smallest absolute Gasteiger partial charge is 0.271 e. The summed E-state index contributed by atoms with van der Waals surface area (Å²) in [6, 6.07) is 6.31. The molecular formula is C23H33N5O2S. The van der Waals surface area contributed by atoms with Crippen LogP contribution in [0.25, 0.3) is 22.0 Å². The molecule has 0 atom stereocenters. The number of hydrogen-bond acceptors (Lipinski definition) is 7. The van der Waals surface area contributed by atoms with E-state index < -0.39 is 0 Å². The maximum Gasteiger partial charge on any atom is 0.271 e. The molecule has 2 aromatic heterocycles. The fourth-order valence-electron chi connectivity index (χ4n) is 3.83. The Bertz CT molecular complexity index is 1060. The van der Waals surface area contributed by atoms with Gasteiger partial charge in [-0.15, -0.1) is 12.6 Å². The van der Waals surface area contributed by atoms with E-state index in [-0.39, 0.29) is 5.56 Å². The van der Waals surface area contributed by atoms with Crippen LogP contribution in [0.15, 0.2) is 32.4 Å². The van der Waals surface area contributed by atoms with Gasteiger partial charge in [0.05, 0.1) is 11.2 Å². The molecule has 0 spiro atoms. The Morgan fingerprint density at radius 3 is 2.52 bits per heavy atom. The van der Waals surface area contributed by atoms with Gasteiger partial charge < -0.3 is 25.5 Å². The molecule has 0 bridgehead atoms. The van der Waals surface area contributed by atoms with Gasteiger partial charge in [0.1, 0.15) is 11.4 Å². The van der Waals surface area contributed by atoms with Crippen LogP contribution < -0.4 is 16.6 Å². The molecule has 7 nitrogen and oxygen atoms in total. The third-order valence-corrected chi connectivity index (χ3v) is 5.91. The van der Waals surface area contributed by atoms with Crippen molar-refractivity contribution < 1.29 is 4.52 Å². The zero-order valence-electron chi connectivity index (χ0n) is 18.8. The summed E-state index contributed by atoms with van der Waals surface area (Å²) in [5.41, 5.74) is 9.36. The molecule has 2 heterocycles. The van der Waals surface area contributed by atoms with Crippen molar-refractivity contribution in [1.82, 2.24) is 15.0 Å². The molecule has 3 aromatic rings. The van der Waals surface area contributed by atoms with Crippen molar-refractivity contribution in [3.63, 3.8) is 0 Å². The molecule has 1 fully saturated rings. The lowest BCUT2D eigenvalue weighted by molar-refractivity contribution is 0.393. The van der Waals surface area contributed by atoms with Gasteiger partial charge in [-0.25, -0.2) is 0 Å². The average molecular weight is 444 g/mol. The summed E-state index contributed by atoms with van der Waals surface area (Å²) in [4.78, 5) is 18.2. The Morgan fingerprint density at radius 1 is 1.26 bits per heavy atom. The standard InChI is InChI=1S/C18H22N4O2S.C5H11N/c1-10-17(11(2)24-21-10)12-7-14-13(16(25)8-12)9-15(18(23)20-14)19-5-6-22(3)4;6-5-3-1-2-4-5/h7-9,19,25H,5-6H2,1-4H3,(H,20,23);5H,1-4,6H2. The molecule has 1 aliphatic rings. The van der Waals surface area contributed by atoms with E-state index in [2.05, 4.69) is 33.0 Å². The minimum atomic E-state index is -0.144. The molecule has 1 aromatic carbocycles. The van der Waals surface area contributed by atoms with E-state index in [9.17, 15) is 4.79 Å². The van der Waals surface area contributed by atoms with Gasteiger partial charge in [-0.1, -0.05) is 18.0 Å². The Balaban J connectivity index is 0.000000391. The highest BCUT2D eigenvalue weighted by atomic mass is 32.1. The summed E-state index contributed by atoms with van der Waals surface area (Å²) in [6.45, 7) is 5.31. The lowest BCUT2D eigenvalue weighted by atomic mass is 10.0. The summed E-state index contributed by atoms with van der Waals surface area (Å²) in [5.74, 6) is 0.744. The number of anilines is 1. The lowest BCUT2D eigenvalue weighted by Gasteiger charge is -2.12. The number of rotatable bonds is 5. The zero-order chi connectivity index (χ0) is 22.5. The van der Waals surface area contributed by atoms with Gasteiger partial charge in [0.25, 0.3) is 5.56 Å².